The molecule has 13 heavy (non-hydrogen) atoms. The minimum Gasteiger partial charge on any atom is -0.351 e. The molecule has 0 spiro atoms. The topological polar surface area (TPSA) is 4.93 Å². The zero-order chi connectivity index (χ0) is 9.84. The van der Waals surface area contributed by atoms with E-state index in [1.807, 2.05) is 13.8 Å². The molecule has 1 heteroatoms. The van der Waals surface area contributed by atoms with E-state index in [1.54, 1.807) is 0 Å². The highest BCUT2D eigenvalue weighted by atomic mass is 14.9. The third-order valence-electron chi connectivity index (χ3n) is 2.15. The van der Waals surface area contributed by atoms with E-state index in [2.05, 4.69) is 49.0 Å². The summed E-state index contributed by atoms with van der Waals surface area (Å²) < 4.78 is 2.14. The van der Waals surface area contributed by atoms with Crippen LogP contribution in [0.4, 0.5) is 0 Å². The van der Waals surface area contributed by atoms with Gasteiger partial charge in [0.1, 0.15) is 0 Å². The van der Waals surface area contributed by atoms with Crippen LogP contribution in [0.5, 0.6) is 0 Å². The minimum atomic E-state index is 1.31. The second kappa shape index (κ2) is 4.13. The zero-order valence-electron chi connectivity index (χ0n) is 8.83. The monoisotopic (exact) mass is 175 g/mol. The van der Waals surface area contributed by atoms with Gasteiger partial charge in [-0.15, -0.1) is 0 Å². The van der Waals surface area contributed by atoms with E-state index in [9.17, 15) is 0 Å². The summed E-state index contributed by atoms with van der Waals surface area (Å²) in [6.07, 6.45) is 2.09. The van der Waals surface area contributed by atoms with Gasteiger partial charge in [0.05, 0.1) is 0 Å². The third-order valence-corrected chi connectivity index (χ3v) is 2.15. The first-order valence-electron chi connectivity index (χ1n) is 4.80. The zero-order valence-corrected chi connectivity index (χ0v) is 8.83. The molecule has 1 aromatic heterocycles. The average Bonchev–Trinajstić information content (AvgIpc) is 2.53. The van der Waals surface area contributed by atoms with Crippen LogP contribution in [-0.2, 0) is 7.05 Å². The summed E-state index contributed by atoms with van der Waals surface area (Å²) in [6.45, 7) is 6.14. The fraction of sp³-hybridized carbons (Fsp3) is 0.333. The van der Waals surface area contributed by atoms with Gasteiger partial charge in [-0.05, 0) is 24.6 Å². The summed E-state index contributed by atoms with van der Waals surface area (Å²) >= 11 is 0. The second-order valence-electron chi connectivity index (χ2n) is 2.93. The molecule has 0 N–H and O–H groups in total. The molecule has 0 atom stereocenters. The van der Waals surface area contributed by atoms with Crippen molar-refractivity contribution in [2.45, 2.75) is 20.8 Å². The van der Waals surface area contributed by atoms with Gasteiger partial charge in [-0.2, -0.15) is 0 Å². The molecule has 0 radical (unpaired) electrons. The van der Waals surface area contributed by atoms with Crippen molar-refractivity contribution in [3.05, 3.63) is 36.0 Å². The molecule has 2 rings (SSSR count). The maximum absolute atomic E-state index is 2.16. The molecular weight excluding hydrogens is 158 g/mol. The summed E-state index contributed by atoms with van der Waals surface area (Å²) in [6, 6.07) is 8.53. The number of hydrogen-bond donors (Lipinski definition) is 0. The molecular formula is C12H17N. The molecule has 1 heterocycles. The SMILES string of the molecule is CC.Cc1cccc2c1ccn2C. The van der Waals surface area contributed by atoms with Crippen LogP contribution >= 0.6 is 0 Å². The highest BCUT2D eigenvalue weighted by Gasteiger charge is 1.97. The van der Waals surface area contributed by atoms with Gasteiger partial charge >= 0.3 is 0 Å². The van der Waals surface area contributed by atoms with Gasteiger partial charge in [0, 0.05) is 24.1 Å². The molecule has 1 nitrogen and oxygen atoms in total. The van der Waals surface area contributed by atoms with E-state index in [4.69, 9.17) is 0 Å². The van der Waals surface area contributed by atoms with Crippen molar-refractivity contribution in [2.24, 2.45) is 7.05 Å². The summed E-state index contributed by atoms with van der Waals surface area (Å²) in [4.78, 5) is 0. The van der Waals surface area contributed by atoms with Gasteiger partial charge in [0.25, 0.3) is 0 Å². The highest BCUT2D eigenvalue weighted by Crippen LogP contribution is 2.17. The summed E-state index contributed by atoms with van der Waals surface area (Å²) in [5.41, 5.74) is 2.66. The molecule has 1 aromatic carbocycles. The van der Waals surface area contributed by atoms with Crippen molar-refractivity contribution in [2.75, 3.05) is 0 Å². The fourth-order valence-electron chi connectivity index (χ4n) is 1.46. The van der Waals surface area contributed by atoms with Gasteiger partial charge < -0.3 is 4.57 Å². The van der Waals surface area contributed by atoms with Gasteiger partial charge in [0.15, 0.2) is 0 Å². The number of rotatable bonds is 0. The molecule has 0 fully saturated rings. The molecule has 2 aromatic rings. The molecule has 0 saturated carbocycles. The summed E-state index contributed by atoms with van der Waals surface area (Å²) in [5, 5.41) is 1.36. The Morgan fingerprint density at radius 1 is 1.08 bits per heavy atom. The molecule has 0 aliphatic carbocycles. The normalized spacial score (nSPS) is 9.54. The minimum absolute atomic E-state index is 1.31. The smallest absolute Gasteiger partial charge is 0.0480 e. The number of aryl methyl sites for hydroxylation is 2. The Bertz CT molecular complexity index is 385. The molecule has 0 saturated heterocycles. The number of fused-ring (bicyclic) bond motifs is 1. The lowest BCUT2D eigenvalue weighted by Gasteiger charge is -1.96. The standard InChI is InChI=1S/C10H11N.C2H6/c1-8-4-3-5-10-9(8)6-7-11(10)2;1-2/h3-7H,1-2H3;1-2H3. The molecule has 0 unspecified atom stereocenters. The summed E-state index contributed by atoms with van der Waals surface area (Å²) in [5.74, 6) is 0. The van der Waals surface area contributed by atoms with Crippen LogP contribution in [0.3, 0.4) is 0 Å². The molecule has 0 bridgehead atoms. The number of hydrogen-bond acceptors (Lipinski definition) is 0. The van der Waals surface area contributed by atoms with E-state index in [-0.39, 0.29) is 0 Å². The van der Waals surface area contributed by atoms with Crippen LogP contribution < -0.4 is 0 Å². The lowest BCUT2D eigenvalue weighted by Crippen LogP contribution is -1.83. The van der Waals surface area contributed by atoms with E-state index < -0.39 is 0 Å². The van der Waals surface area contributed by atoms with E-state index >= 15 is 0 Å². The maximum Gasteiger partial charge on any atom is 0.0480 e. The van der Waals surface area contributed by atoms with E-state index in [0.717, 1.165) is 0 Å². The van der Waals surface area contributed by atoms with Crippen molar-refractivity contribution in [3.63, 3.8) is 0 Å². The van der Waals surface area contributed by atoms with Crippen molar-refractivity contribution >= 4 is 10.9 Å². The van der Waals surface area contributed by atoms with E-state index in [1.165, 1.54) is 16.5 Å². The van der Waals surface area contributed by atoms with E-state index in [0.29, 0.717) is 0 Å². The molecule has 70 valence electrons. The van der Waals surface area contributed by atoms with Crippen molar-refractivity contribution in [1.82, 2.24) is 4.57 Å². The van der Waals surface area contributed by atoms with Gasteiger partial charge in [-0.25, -0.2) is 0 Å². The van der Waals surface area contributed by atoms with Crippen LogP contribution in [0.15, 0.2) is 30.5 Å². The van der Waals surface area contributed by atoms with Crippen molar-refractivity contribution in [3.8, 4) is 0 Å². The Balaban J connectivity index is 0.000000396. The lowest BCUT2D eigenvalue weighted by molar-refractivity contribution is 0.969. The van der Waals surface area contributed by atoms with Crippen LogP contribution in [0.25, 0.3) is 10.9 Å². The Labute approximate surface area is 80.0 Å². The molecule has 0 aliphatic heterocycles. The first-order valence-corrected chi connectivity index (χ1v) is 4.80. The second-order valence-corrected chi connectivity index (χ2v) is 2.93. The highest BCUT2D eigenvalue weighted by molar-refractivity contribution is 5.83. The van der Waals surface area contributed by atoms with Crippen molar-refractivity contribution in [1.29, 1.82) is 0 Å². The Morgan fingerprint density at radius 2 is 1.77 bits per heavy atom. The third kappa shape index (κ3) is 1.74. The maximum atomic E-state index is 2.16. The van der Waals surface area contributed by atoms with Crippen LogP contribution in [0.1, 0.15) is 19.4 Å². The number of benzene rings is 1. The molecule has 0 amide bonds. The Hall–Kier alpha value is -1.24. The Kier molecular flexibility index (Phi) is 3.13. The van der Waals surface area contributed by atoms with Gasteiger partial charge in [-0.1, -0.05) is 26.0 Å². The van der Waals surface area contributed by atoms with Gasteiger partial charge in [-0.3, -0.25) is 0 Å². The number of aromatic nitrogens is 1. The van der Waals surface area contributed by atoms with Crippen molar-refractivity contribution < 1.29 is 0 Å². The predicted molar refractivity (Wildman–Crippen MR) is 59.0 cm³/mol. The Morgan fingerprint density at radius 3 is 2.38 bits per heavy atom. The fourth-order valence-corrected chi connectivity index (χ4v) is 1.46. The first-order chi connectivity index (χ1) is 6.29. The van der Waals surface area contributed by atoms with Crippen LogP contribution in [-0.4, -0.2) is 4.57 Å². The van der Waals surface area contributed by atoms with Gasteiger partial charge in [0.2, 0.25) is 0 Å². The predicted octanol–water partition coefficient (Wildman–Crippen LogP) is 3.51. The lowest BCUT2D eigenvalue weighted by atomic mass is 10.1. The number of nitrogens with zero attached hydrogens (tertiary/aromatic N) is 1. The average molecular weight is 175 g/mol. The van der Waals surface area contributed by atoms with Crippen LogP contribution in [0, 0.1) is 6.92 Å². The quantitative estimate of drug-likeness (QED) is 0.577. The molecule has 0 aliphatic rings. The van der Waals surface area contributed by atoms with Crippen LogP contribution in [0.2, 0.25) is 0 Å². The summed E-state index contributed by atoms with van der Waals surface area (Å²) in [7, 11) is 2.07. The first kappa shape index (κ1) is 9.85. The largest absolute Gasteiger partial charge is 0.351 e.